The van der Waals surface area contributed by atoms with Crippen LogP contribution in [0.15, 0.2) is 24.3 Å². The number of hydrogen-bond donors (Lipinski definition) is 1. The van der Waals surface area contributed by atoms with Gasteiger partial charge in [-0.05, 0) is 31.9 Å². The zero-order chi connectivity index (χ0) is 13.9. The molecule has 0 aliphatic carbocycles. The first-order valence-electron chi connectivity index (χ1n) is 6.71. The highest BCUT2D eigenvalue weighted by molar-refractivity contribution is 5.76. The van der Waals surface area contributed by atoms with Gasteiger partial charge < -0.3 is 14.7 Å². The smallest absolute Gasteiger partial charge is 0.313 e. The SMILES string of the molecule is CCN(CC1(C(=O)O)CCOC1)c1ccccc1C. The van der Waals surface area contributed by atoms with Crippen LogP contribution in [0.1, 0.15) is 18.9 Å². The zero-order valence-electron chi connectivity index (χ0n) is 11.6. The quantitative estimate of drug-likeness (QED) is 0.885. The van der Waals surface area contributed by atoms with Gasteiger partial charge in [-0.3, -0.25) is 4.79 Å². The van der Waals surface area contributed by atoms with Gasteiger partial charge in [0, 0.05) is 25.4 Å². The molecule has 1 aliphatic rings. The van der Waals surface area contributed by atoms with E-state index in [9.17, 15) is 9.90 Å². The fourth-order valence-electron chi connectivity index (χ4n) is 2.62. The van der Waals surface area contributed by atoms with Crippen LogP contribution in [-0.2, 0) is 9.53 Å². The lowest BCUT2D eigenvalue weighted by Crippen LogP contribution is -2.44. The van der Waals surface area contributed by atoms with Crippen LogP contribution >= 0.6 is 0 Å². The van der Waals surface area contributed by atoms with Crippen molar-refractivity contribution in [1.82, 2.24) is 0 Å². The first-order chi connectivity index (χ1) is 9.09. The van der Waals surface area contributed by atoms with Crippen molar-refractivity contribution in [1.29, 1.82) is 0 Å². The number of nitrogens with zero attached hydrogens (tertiary/aromatic N) is 1. The minimum atomic E-state index is -0.766. The molecule has 1 aromatic rings. The van der Waals surface area contributed by atoms with Crippen molar-refractivity contribution in [2.45, 2.75) is 20.3 Å². The normalized spacial score (nSPS) is 22.4. The van der Waals surface area contributed by atoms with E-state index in [1.54, 1.807) is 0 Å². The third-order valence-electron chi connectivity index (χ3n) is 3.89. The van der Waals surface area contributed by atoms with E-state index < -0.39 is 11.4 Å². The number of benzene rings is 1. The molecule has 1 heterocycles. The van der Waals surface area contributed by atoms with Crippen molar-refractivity contribution in [3.63, 3.8) is 0 Å². The number of para-hydroxylation sites is 1. The maximum atomic E-state index is 11.6. The summed E-state index contributed by atoms with van der Waals surface area (Å²) in [5.41, 5.74) is 1.51. The Morgan fingerprint density at radius 2 is 2.21 bits per heavy atom. The number of carbonyl (C=O) groups is 1. The molecule has 1 N–H and O–H groups in total. The average molecular weight is 263 g/mol. The first kappa shape index (κ1) is 13.9. The summed E-state index contributed by atoms with van der Waals surface area (Å²) in [6.07, 6.45) is 0.588. The molecule has 1 atom stereocenters. The number of carboxylic acids is 1. The van der Waals surface area contributed by atoms with Gasteiger partial charge in [-0.1, -0.05) is 18.2 Å². The van der Waals surface area contributed by atoms with Crippen LogP contribution in [0.2, 0.25) is 0 Å². The standard InChI is InChI=1S/C15H21NO3/c1-3-16(13-7-5-4-6-12(13)2)10-15(14(17)18)8-9-19-11-15/h4-7H,3,8-11H2,1-2H3,(H,17,18). The number of ether oxygens (including phenoxy) is 1. The van der Waals surface area contributed by atoms with Gasteiger partial charge in [0.15, 0.2) is 0 Å². The number of hydrogen-bond acceptors (Lipinski definition) is 3. The largest absolute Gasteiger partial charge is 0.481 e. The molecule has 0 spiro atoms. The van der Waals surface area contributed by atoms with Crippen LogP contribution in [0.25, 0.3) is 0 Å². The Morgan fingerprint density at radius 3 is 2.74 bits per heavy atom. The molecule has 0 amide bonds. The summed E-state index contributed by atoms with van der Waals surface area (Å²) in [5.74, 6) is -0.753. The second-order valence-corrected chi connectivity index (χ2v) is 5.19. The minimum Gasteiger partial charge on any atom is -0.481 e. The van der Waals surface area contributed by atoms with E-state index in [2.05, 4.69) is 24.8 Å². The maximum Gasteiger partial charge on any atom is 0.313 e. The Kier molecular flexibility index (Phi) is 4.10. The molecule has 2 rings (SSSR count). The third-order valence-corrected chi connectivity index (χ3v) is 3.89. The molecule has 1 aliphatic heterocycles. The molecule has 0 radical (unpaired) electrons. The van der Waals surface area contributed by atoms with Gasteiger partial charge in [-0.2, -0.15) is 0 Å². The van der Waals surface area contributed by atoms with Crippen molar-refractivity contribution in [2.75, 3.05) is 31.2 Å². The fourth-order valence-corrected chi connectivity index (χ4v) is 2.62. The molecule has 0 bridgehead atoms. The molecular weight excluding hydrogens is 242 g/mol. The Hall–Kier alpha value is -1.55. The van der Waals surface area contributed by atoms with Gasteiger partial charge in [0.1, 0.15) is 5.41 Å². The lowest BCUT2D eigenvalue weighted by molar-refractivity contribution is -0.148. The summed E-state index contributed by atoms with van der Waals surface area (Å²) in [6.45, 7) is 6.25. The molecule has 1 aromatic carbocycles. The Balaban J connectivity index is 2.24. The highest BCUT2D eigenvalue weighted by atomic mass is 16.5. The first-order valence-corrected chi connectivity index (χ1v) is 6.71. The van der Waals surface area contributed by atoms with Crippen LogP contribution < -0.4 is 4.90 Å². The predicted molar refractivity (Wildman–Crippen MR) is 74.6 cm³/mol. The van der Waals surface area contributed by atoms with Gasteiger partial charge in [0.05, 0.1) is 6.61 Å². The number of carboxylic acid groups (broad SMARTS) is 1. The molecule has 1 fully saturated rings. The molecular formula is C15H21NO3. The monoisotopic (exact) mass is 263 g/mol. The number of anilines is 1. The molecule has 1 unspecified atom stereocenters. The van der Waals surface area contributed by atoms with Crippen LogP contribution in [0.5, 0.6) is 0 Å². The van der Waals surface area contributed by atoms with E-state index in [4.69, 9.17) is 4.74 Å². The van der Waals surface area contributed by atoms with Crippen LogP contribution in [0, 0.1) is 12.3 Å². The maximum absolute atomic E-state index is 11.6. The summed E-state index contributed by atoms with van der Waals surface area (Å²) in [7, 11) is 0. The molecule has 0 saturated carbocycles. The second-order valence-electron chi connectivity index (χ2n) is 5.19. The van der Waals surface area contributed by atoms with Gasteiger partial charge in [0.2, 0.25) is 0 Å². The van der Waals surface area contributed by atoms with Gasteiger partial charge in [-0.15, -0.1) is 0 Å². The number of aryl methyl sites for hydroxylation is 1. The Morgan fingerprint density at radius 1 is 1.47 bits per heavy atom. The van der Waals surface area contributed by atoms with E-state index in [-0.39, 0.29) is 0 Å². The van der Waals surface area contributed by atoms with Gasteiger partial charge in [-0.25, -0.2) is 0 Å². The van der Waals surface area contributed by atoms with Crippen molar-refractivity contribution < 1.29 is 14.6 Å². The molecule has 19 heavy (non-hydrogen) atoms. The molecule has 0 aromatic heterocycles. The van der Waals surface area contributed by atoms with Gasteiger partial charge in [0.25, 0.3) is 0 Å². The molecule has 1 saturated heterocycles. The van der Waals surface area contributed by atoms with Crippen LogP contribution in [0.3, 0.4) is 0 Å². The van der Waals surface area contributed by atoms with Crippen LogP contribution in [0.4, 0.5) is 5.69 Å². The average Bonchev–Trinajstić information content (AvgIpc) is 2.87. The molecule has 4 heteroatoms. The van der Waals surface area contributed by atoms with Crippen molar-refractivity contribution in [3.8, 4) is 0 Å². The summed E-state index contributed by atoms with van der Waals surface area (Å²) in [6, 6.07) is 8.09. The Bertz CT molecular complexity index is 452. The fraction of sp³-hybridized carbons (Fsp3) is 0.533. The van der Waals surface area contributed by atoms with Crippen molar-refractivity contribution in [2.24, 2.45) is 5.41 Å². The molecule has 104 valence electrons. The molecule has 4 nitrogen and oxygen atoms in total. The van der Waals surface area contributed by atoms with E-state index >= 15 is 0 Å². The number of rotatable bonds is 5. The highest BCUT2D eigenvalue weighted by Gasteiger charge is 2.43. The number of aliphatic carboxylic acids is 1. The summed E-state index contributed by atoms with van der Waals surface area (Å²) in [4.78, 5) is 13.7. The van der Waals surface area contributed by atoms with E-state index in [0.29, 0.717) is 26.2 Å². The summed E-state index contributed by atoms with van der Waals surface area (Å²) < 4.78 is 5.33. The van der Waals surface area contributed by atoms with Gasteiger partial charge >= 0.3 is 5.97 Å². The Labute approximate surface area is 114 Å². The highest BCUT2D eigenvalue weighted by Crippen LogP contribution is 2.32. The summed E-state index contributed by atoms with van der Waals surface area (Å²) in [5, 5.41) is 9.52. The van der Waals surface area contributed by atoms with Crippen molar-refractivity contribution >= 4 is 11.7 Å². The van der Waals surface area contributed by atoms with E-state index in [0.717, 1.165) is 12.2 Å². The van der Waals surface area contributed by atoms with E-state index in [1.807, 2.05) is 18.2 Å². The summed E-state index contributed by atoms with van der Waals surface area (Å²) >= 11 is 0. The minimum absolute atomic E-state index is 0.310. The lowest BCUT2D eigenvalue weighted by Gasteiger charge is -2.32. The zero-order valence-corrected chi connectivity index (χ0v) is 11.6. The third kappa shape index (κ3) is 2.73. The van der Waals surface area contributed by atoms with Crippen molar-refractivity contribution in [3.05, 3.63) is 29.8 Å². The topological polar surface area (TPSA) is 49.8 Å². The lowest BCUT2D eigenvalue weighted by atomic mass is 9.86. The predicted octanol–water partition coefficient (Wildman–Crippen LogP) is 2.31. The second kappa shape index (κ2) is 5.61. The van der Waals surface area contributed by atoms with Crippen LogP contribution in [-0.4, -0.2) is 37.4 Å². The van der Waals surface area contributed by atoms with E-state index in [1.165, 1.54) is 5.56 Å².